The second-order valence-electron chi connectivity index (χ2n) is 6.76. The van der Waals surface area contributed by atoms with Crippen LogP contribution in [0.4, 0.5) is 0 Å². The van der Waals surface area contributed by atoms with Gasteiger partial charge in [0.05, 0.1) is 11.7 Å². The average Bonchev–Trinajstić information content (AvgIpc) is 2.60. The number of piperidine rings is 2. The third kappa shape index (κ3) is 5.16. The highest BCUT2D eigenvalue weighted by molar-refractivity contribution is 7.89. The molecule has 0 aliphatic carbocycles. The van der Waals surface area contributed by atoms with Crippen LogP contribution in [0, 0.1) is 5.92 Å². The van der Waals surface area contributed by atoms with Crippen LogP contribution >= 0.6 is 0 Å². The quantitative estimate of drug-likeness (QED) is 0.720. The van der Waals surface area contributed by atoms with Crippen LogP contribution < -0.4 is 0 Å². The Hall–Kier alpha value is -0.660. The first-order valence-corrected chi connectivity index (χ1v) is 10.5. The minimum absolute atomic E-state index is 0.0954. The predicted molar refractivity (Wildman–Crippen MR) is 91.7 cm³/mol. The van der Waals surface area contributed by atoms with Gasteiger partial charge in [0.2, 0.25) is 15.9 Å². The Kier molecular flexibility index (Phi) is 6.85. The van der Waals surface area contributed by atoms with Gasteiger partial charge in [0.1, 0.15) is 0 Å². The highest BCUT2D eigenvalue weighted by atomic mass is 32.2. The van der Waals surface area contributed by atoms with Gasteiger partial charge in [-0.25, -0.2) is 12.7 Å². The van der Waals surface area contributed by atoms with Crippen molar-refractivity contribution in [2.24, 2.45) is 5.92 Å². The fourth-order valence-electron chi connectivity index (χ4n) is 3.48. The molecule has 1 atom stereocenters. The molecule has 134 valence electrons. The van der Waals surface area contributed by atoms with Crippen LogP contribution in [0.2, 0.25) is 0 Å². The first-order chi connectivity index (χ1) is 10.9. The number of nitrogens with zero attached hydrogens (tertiary/aromatic N) is 3. The molecule has 2 fully saturated rings. The largest absolute Gasteiger partial charge is 0.344 e. The molecule has 0 saturated carbocycles. The van der Waals surface area contributed by atoms with E-state index in [1.165, 1.54) is 23.6 Å². The standard InChI is InChI=1S/C16H31N3O3S/c1-3-23(21,22)19-11-7-8-15(14-19)16(20)17(2)12-13-18-9-5-4-6-10-18/h15H,3-14H2,1-2H3. The van der Waals surface area contributed by atoms with Gasteiger partial charge in [0.25, 0.3) is 0 Å². The van der Waals surface area contributed by atoms with Crippen LogP contribution in [0.25, 0.3) is 0 Å². The lowest BCUT2D eigenvalue weighted by Gasteiger charge is -2.34. The second-order valence-corrected chi connectivity index (χ2v) is 9.02. The Morgan fingerprint density at radius 1 is 1.13 bits per heavy atom. The van der Waals surface area contributed by atoms with Crippen molar-refractivity contribution in [2.75, 3.05) is 52.1 Å². The molecule has 0 spiro atoms. The fourth-order valence-corrected chi connectivity index (χ4v) is 4.65. The zero-order chi connectivity index (χ0) is 16.9. The number of likely N-dealkylation sites (N-methyl/N-ethyl adjacent to an activating group) is 1. The molecule has 2 aliphatic heterocycles. The summed E-state index contributed by atoms with van der Waals surface area (Å²) in [6.45, 7) is 6.48. The minimum Gasteiger partial charge on any atom is -0.344 e. The summed E-state index contributed by atoms with van der Waals surface area (Å²) in [5, 5.41) is 0. The van der Waals surface area contributed by atoms with Gasteiger partial charge in [-0.3, -0.25) is 4.79 Å². The maximum Gasteiger partial charge on any atom is 0.226 e. The molecule has 2 heterocycles. The summed E-state index contributed by atoms with van der Waals surface area (Å²) < 4.78 is 25.5. The van der Waals surface area contributed by atoms with Gasteiger partial charge in [-0.1, -0.05) is 6.42 Å². The summed E-state index contributed by atoms with van der Waals surface area (Å²) in [6, 6.07) is 0. The normalized spacial score (nSPS) is 24.5. The van der Waals surface area contributed by atoms with E-state index >= 15 is 0 Å². The molecular formula is C16H31N3O3S. The smallest absolute Gasteiger partial charge is 0.226 e. The Labute approximate surface area is 140 Å². The molecular weight excluding hydrogens is 314 g/mol. The van der Waals surface area contributed by atoms with Gasteiger partial charge in [0, 0.05) is 33.2 Å². The van der Waals surface area contributed by atoms with Crippen molar-refractivity contribution >= 4 is 15.9 Å². The van der Waals surface area contributed by atoms with E-state index in [9.17, 15) is 13.2 Å². The Morgan fingerprint density at radius 3 is 2.48 bits per heavy atom. The molecule has 2 rings (SSSR count). The molecule has 0 aromatic rings. The lowest BCUT2D eigenvalue weighted by molar-refractivity contribution is -0.135. The highest BCUT2D eigenvalue weighted by Gasteiger charge is 2.32. The van der Waals surface area contributed by atoms with E-state index in [1.54, 1.807) is 11.8 Å². The third-order valence-electron chi connectivity index (χ3n) is 5.07. The van der Waals surface area contributed by atoms with Gasteiger partial charge < -0.3 is 9.80 Å². The zero-order valence-electron chi connectivity index (χ0n) is 14.5. The summed E-state index contributed by atoms with van der Waals surface area (Å²) in [4.78, 5) is 16.8. The highest BCUT2D eigenvalue weighted by Crippen LogP contribution is 2.21. The van der Waals surface area contributed by atoms with E-state index in [0.717, 1.165) is 39.0 Å². The summed E-state index contributed by atoms with van der Waals surface area (Å²) in [5.74, 6) is 0.0214. The molecule has 1 unspecified atom stereocenters. The SMILES string of the molecule is CCS(=O)(=O)N1CCCC(C(=O)N(C)CCN2CCCCC2)C1. The van der Waals surface area contributed by atoms with Crippen LogP contribution in [0.15, 0.2) is 0 Å². The topological polar surface area (TPSA) is 60.9 Å². The lowest BCUT2D eigenvalue weighted by atomic mass is 9.98. The van der Waals surface area contributed by atoms with E-state index in [0.29, 0.717) is 13.1 Å². The molecule has 1 amide bonds. The summed E-state index contributed by atoms with van der Waals surface area (Å²) in [7, 11) is -1.34. The van der Waals surface area contributed by atoms with E-state index < -0.39 is 10.0 Å². The molecule has 0 bridgehead atoms. The molecule has 2 saturated heterocycles. The van der Waals surface area contributed by atoms with E-state index in [1.807, 2.05) is 7.05 Å². The molecule has 6 nitrogen and oxygen atoms in total. The Bertz CT molecular complexity index is 489. The molecule has 7 heteroatoms. The van der Waals surface area contributed by atoms with Gasteiger partial charge in [0.15, 0.2) is 0 Å². The van der Waals surface area contributed by atoms with E-state index in [4.69, 9.17) is 0 Å². The van der Waals surface area contributed by atoms with Gasteiger partial charge in [-0.05, 0) is 45.7 Å². The maximum absolute atomic E-state index is 12.6. The number of sulfonamides is 1. The van der Waals surface area contributed by atoms with Crippen LogP contribution in [-0.2, 0) is 14.8 Å². The summed E-state index contributed by atoms with van der Waals surface area (Å²) in [5.41, 5.74) is 0. The molecule has 0 aromatic carbocycles. The van der Waals surface area contributed by atoms with Gasteiger partial charge in [-0.15, -0.1) is 0 Å². The van der Waals surface area contributed by atoms with Crippen molar-refractivity contribution in [3.8, 4) is 0 Å². The molecule has 0 radical (unpaired) electrons. The molecule has 0 aromatic heterocycles. The zero-order valence-corrected chi connectivity index (χ0v) is 15.4. The van der Waals surface area contributed by atoms with Crippen LogP contribution in [-0.4, -0.2) is 80.5 Å². The number of rotatable bonds is 6. The fraction of sp³-hybridized carbons (Fsp3) is 0.938. The van der Waals surface area contributed by atoms with Crippen LogP contribution in [0.1, 0.15) is 39.0 Å². The predicted octanol–water partition coefficient (Wildman–Crippen LogP) is 0.992. The number of carbonyl (C=O) groups is 1. The van der Waals surface area contributed by atoms with Crippen molar-refractivity contribution in [3.63, 3.8) is 0 Å². The van der Waals surface area contributed by atoms with Gasteiger partial charge >= 0.3 is 0 Å². The monoisotopic (exact) mass is 345 g/mol. The van der Waals surface area contributed by atoms with Crippen molar-refractivity contribution in [3.05, 3.63) is 0 Å². The third-order valence-corrected chi connectivity index (χ3v) is 6.92. The minimum atomic E-state index is -3.19. The number of hydrogen-bond donors (Lipinski definition) is 0. The maximum atomic E-state index is 12.6. The van der Waals surface area contributed by atoms with Crippen LogP contribution in [0.5, 0.6) is 0 Å². The molecule has 0 N–H and O–H groups in total. The van der Waals surface area contributed by atoms with Crippen LogP contribution in [0.3, 0.4) is 0 Å². The van der Waals surface area contributed by atoms with Crippen molar-refractivity contribution in [1.82, 2.24) is 14.1 Å². The van der Waals surface area contributed by atoms with Crippen molar-refractivity contribution in [1.29, 1.82) is 0 Å². The molecule has 23 heavy (non-hydrogen) atoms. The number of carbonyl (C=O) groups excluding carboxylic acids is 1. The number of hydrogen-bond acceptors (Lipinski definition) is 4. The van der Waals surface area contributed by atoms with E-state index in [2.05, 4.69) is 4.90 Å². The average molecular weight is 346 g/mol. The number of amides is 1. The summed E-state index contributed by atoms with van der Waals surface area (Å²) in [6.07, 6.45) is 5.39. The second kappa shape index (κ2) is 8.44. The van der Waals surface area contributed by atoms with Crippen molar-refractivity contribution < 1.29 is 13.2 Å². The number of likely N-dealkylation sites (tertiary alicyclic amines) is 1. The first-order valence-electron chi connectivity index (χ1n) is 8.89. The van der Waals surface area contributed by atoms with E-state index in [-0.39, 0.29) is 17.6 Å². The van der Waals surface area contributed by atoms with Crippen molar-refractivity contribution in [2.45, 2.75) is 39.0 Å². The first kappa shape index (κ1) is 18.7. The molecule has 2 aliphatic rings. The van der Waals surface area contributed by atoms with Gasteiger partial charge in [-0.2, -0.15) is 0 Å². The summed E-state index contributed by atoms with van der Waals surface area (Å²) >= 11 is 0. The lowest BCUT2D eigenvalue weighted by Crippen LogP contribution is -2.47. The Balaban J connectivity index is 1.83. The Morgan fingerprint density at radius 2 is 1.83 bits per heavy atom.